The van der Waals surface area contributed by atoms with Crippen LogP contribution in [0.2, 0.25) is 0 Å². The Balaban J connectivity index is 1.98. The average molecular weight is 395 g/mol. The number of likely N-dealkylation sites (N-methyl/N-ethyl adjacent to an activating group) is 1. The summed E-state index contributed by atoms with van der Waals surface area (Å²) in [6.07, 6.45) is 4.17. The number of amides is 1. The minimum atomic E-state index is 0.0909. The number of hydrogen-bond acceptors (Lipinski definition) is 4. The van der Waals surface area contributed by atoms with Crippen molar-refractivity contribution in [1.82, 2.24) is 20.0 Å². The van der Waals surface area contributed by atoms with Gasteiger partial charge in [0.1, 0.15) is 0 Å². The lowest BCUT2D eigenvalue weighted by atomic mass is 9.77. The summed E-state index contributed by atoms with van der Waals surface area (Å²) in [6.45, 7) is 18.9. The van der Waals surface area contributed by atoms with Crippen LogP contribution in [0.25, 0.3) is 0 Å². The molecule has 2 saturated heterocycles. The number of hydrogen-bond donors (Lipinski definition) is 1. The fourth-order valence-corrected chi connectivity index (χ4v) is 5.73. The molecule has 0 spiro atoms. The largest absolute Gasteiger partial charge is 0.352 e. The van der Waals surface area contributed by atoms with Crippen LogP contribution in [0.4, 0.5) is 0 Å². The van der Waals surface area contributed by atoms with Crippen LogP contribution in [0.15, 0.2) is 0 Å². The predicted molar refractivity (Wildman–Crippen MR) is 119 cm³/mol. The van der Waals surface area contributed by atoms with Crippen LogP contribution in [0, 0.1) is 0 Å². The highest BCUT2D eigenvalue weighted by molar-refractivity contribution is 5.78. The highest BCUT2D eigenvalue weighted by atomic mass is 16.2. The molecule has 0 atom stereocenters. The summed E-state index contributed by atoms with van der Waals surface area (Å²) in [5.74, 6) is 0.165. The van der Waals surface area contributed by atoms with Crippen LogP contribution in [-0.4, -0.2) is 82.5 Å². The average Bonchev–Trinajstić information content (AvgIpc) is 2.48. The molecule has 2 aliphatic heterocycles. The first kappa shape index (κ1) is 23.6. The Hall–Kier alpha value is -0.650. The zero-order valence-electron chi connectivity index (χ0n) is 20.4. The van der Waals surface area contributed by atoms with Crippen LogP contribution < -0.4 is 5.32 Å². The Morgan fingerprint density at radius 2 is 1.18 bits per heavy atom. The van der Waals surface area contributed by atoms with Gasteiger partial charge in [0.25, 0.3) is 0 Å². The zero-order valence-corrected chi connectivity index (χ0v) is 20.4. The van der Waals surface area contributed by atoms with Gasteiger partial charge in [-0.15, -0.1) is 0 Å². The summed E-state index contributed by atoms with van der Waals surface area (Å²) < 4.78 is 0. The third kappa shape index (κ3) is 4.91. The van der Waals surface area contributed by atoms with Gasteiger partial charge in [-0.2, -0.15) is 0 Å². The first-order valence-electron chi connectivity index (χ1n) is 11.0. The lowest BCUT2D eigenvalue weighted by Gasteiger charge is -2.55. The van der Waals surface area contributed by atoms with E-state index in [1.807, 2.05) is 0 Å². The predicted octanol–water partition coefficient (Wildman–Crippen LogP) is 3.34. The molecule has 0 aromatic carbocycles. The lowest BCUT2D eigenvalue weighted by molar-refractivity contribution is -0.126. The SMILES string of the molecule is CN(CC(=O)NC1CC(C)(C)N(C)C(C)(C)C1)C1CC(C)(C)N(C)C(C)(C)C1. The van der Waals surface area contributed by atoms with Crippen LogP contribution in [0.5, 0.6) is 0 Å². The molecule has 1 N–H and O–H groups in total. The number of rotatable bonds is 4. The summed E-state index contributed by atoms with van der Waals surface area (Å²) in [7, 11) is 6.55. The molecule has 0 saturated carbocycles. The van der Waals surface area contributed by atoms with E-state index in [0.29, 0.717) is 12.6 Å². The van der Waals surface area contributed by atoms with Crippen molar-refractivity contribution in [1.29, 1.82) is 0 Å². The first-order valence-corrected chi connectivity index (χ1v) is 11.0. The standard InChI is InChI=1S/C23H46N4O/c1-20(2)12-17(13-21(3,4)26(20)10)24-19(28)16-25(9)18-14-22(5,6)27(11)23(7,8)15-18/h17-18H,12-16H2,1-11H3,(H,24,28). The lowest BCUT2D eigenvalue weighted by Crippen LogP contribution is -2.64. The Labute approximate surface area is 174 Å². The fourth-order valence-electron chi connectivity index (χ4n) is 5.73. The number of carbonyl (C=O) groups is 1. The van der Waals surface area contributed by atoms with Gasteiger partial charge in [-0.25, -0.2) is 0 Å². The van der Waals surface area contributed by atoms with E-state index in [-0.39, 0.29) is 34.1 Å². The molecular weight excluding hydrogens is 348 g/mol. The summed E-state index contributed by atoms with van der Waals surface area (Å²) in [5, 5.41) is 3.35. The molecule has 0 radical (unpaired) electrons. The second-order valence-electron chi connectivity index (χ2n) is 12.0. The van der Waals surface area contributed by atoms with E-state index in [4.69, 9.17) is 0 Å². The van der Waals surface area contributed by atoms with Crippen LogP contribution in [-0.2, 0) is 4.79 Å². The minimum Gasteiger partial charge on any atom is -0.352 e. The number of piperidine rings is 2. The fraction of sp³-hybridized carbons (Fsp3) is 0.957. The quantitative estimate of drug-likeness (QED) is 0.794. The van der Waals surface area contributed by atoms with Gasteiger partial charge in [-0.1, -0.05) is 0 Å². The number of nitrogens with one attached hydrogen (secondary N) is 1. The molecule has 0 aromatic rings. The van der Waals surface area contributed by atoms with Crippen molar-refractivity contribution in [3.63, 3.8) is 0 Å². The maximum absolute atomic E-state index is 12.9. The maximum Gasteiger partial charge on any atom is 0.234 e. The van der Waals surface area contributed by atoms with Crippen LogP contribution >= 0.6 is 0 Å². The van der Waals surface area contributed by atoms with Gasteiger partial charge in [0, 0.05) is 34.2 Å². The minimum absolute atomic E-state index is 0.0909. The van der Waals surface area contributed by atoms with Gasteiger partial charge in [-0.3, -0.25) is 19.5 Å². The summed E-state index contributed by atoms with van der Waals surface area (Å²) >= 11 is 0. The third-order valence-corrected chi connectivity index (χ3v) is 7.98. The molecule has 2 rings (SSSR count). The molecule has 0 unspecified atom stereocenters. The van der Waals surface area contributed by atoms with Crippen LogP contribution in [0.1, 0.15) is 81.1 Å². The Kier molecular flexibility index (Phi) is 6.37. The van der Waals surface area contributed by atoms with E-state index in [1.165, 1.54) is 0 Å². The van der Waals surface area contributed by atoms with Gasteiger partial charge < -0.3 is 5.32 Å². The van der Waals surface area contributed by atoms with Gasteiger partial charge in [0.2, 0.25) is 5.91 Å². The maximum atomic E-state index is 12.9. The summed E-state index contributed by atoms with van der Waals surface area (Å²) in [4.78, 5) is 20.1. The molecule has 1 amide bonds. The molecule has 5 nitrogen and oxygen atoms in total. The van der Waals surface area contributed by atoms with Crippen molar-refractivity contribution < 1.29 is 4.79 Å². The number of likely N-dealkylation sites (tertiary alicyclic amines) is 2. The Bertz CT molecular complexity index is 545. The van der Waals surface area contributed by atoms with Crippen molar-refractivity contribution in [2.24, 2.45) is 0 Å². The highest BCUT2D eigenvalue weighted by Crippen LogP contribution is 2.39. The molecule has 2 fully saturated rings. The van der Waals surface area contributed by atoms with Gasteiger partial charge in [-0.05, 0) is 102 Å². The van der Waals surface area contributed by atoms with E-state index < -0.39 is 0 Å². The third-order valence-electron chi connectivity index (χ3n) is 7.98. The Morgan fingerprint density at radius 1 is 0.821 bits per heavy atom. The van der Waals surface area contributed by atoms with Crippen molar-refractivity contribution in [3.8, 4) is 0 Å². The molecular formula is C23H46N4O. The molecule has 0 bridgehead atoms. The van der Waals surface area contributed by atoms with Gasteiger partial charge >= 0.3 is 0 Å². The van der Waals surface area contributed by atoms with Crippen molar-refractivity contribution in [2.45, 2.75) is 115 Å². The number of carbonyl (C=O) groups excluding carboxylic acids is 1. The van der Waals surface area contributed by atoms with E-state index in [1.54, 1.807) is 0 Å². The molecule has 2 heterocycles. The summed E-state index contributed by atoms with van der Waals surface area (Å²) in [6, 6.07) is 0.671. The van der Waals surface area contributed by atoms with Crippen LogP contribution in [0.3, 0.4) is 0 Å². The molecule has 0 aliphatic carbocycles. The second-order valence-corrected chi connectivity index (χ2v) is 12.0. The van der Waals surface area contributed by atoms with Crippen molar-refractivity contribution in [2.75, 3.05) is 27.7 Å². The molecule has 2 aliphatic rings. The van der Waals surface area contributed by atoms with Gasteiger partial charge in [0.15, 0.2) is 0 Å². The van der Waals surface area contributed by atoms with E-state index in [9.17, 15) is 4.79 Å². The van der Waals surface area contributed by atoms with E-state index in [0.717, 1.165) is 25.7 Å². The molecule has 28 heavy (non-hydrogen) atoms. The van der Waals surface area contributed by atoms with E-state index in [2.05, 4.69) is 96.5 Å². The molecule has 0 aromatic heterocycles. The molecule has 5 heteroatoms. The molecule has 164 valence electrons. The zero-order chi connectivity index (χ0) is 21.7. The van der Waals surface area contributed by atoms with Crippen molar-refractivity contribution >= 4 is 5.91 Å². The van der Waals surface area contributed by atoms with Gasteiger partial charge in [0.05, 0.1) is 6.54 Å². The highest BCUT2D eigenvalue weighted by Gasteiger charge is 2.45. The van der Waals surface area contributed by atoms with E-state index >= 15 is 0 Å². The normalized spacial score (nSPS) is 28.4. The topological polar surface area (TPSA) is 38.8 Å². The van der Waals surface area contributed by atoms with Crippen molar-refractivity contribution in [3.05, 3.63) is 0 Å². The monoisotopic (exact) mass is 394 g/mol. The first-order chi connectivity index (χ1) is 12.5. The Morgan fingerprint density at radius 3 is 1.57 bits per heavy atom. The smallest absolute Gasteiger partial charge is 0.234 e. The second kappa shape index (κ2) is 7.55. The summed E-state index contributed by atoms with van der Waals surface area (Å²) in [5.41, 5.74) is 0.458. The number of nitrogens with zero attached hydrogens (tertiary/aromatic N) is 3.